The molecule has 0 aromatic heterocycles. The Labute approximate surface area is 97.0 Å². The third-order valence-corrected chi connectivity index (χ3v) is 2.49. The number of unbranched alkanes of at least 4 members (excludes halogenated alkanes) is 3. The van der Waals surface area contributed by atoms with Gasteiger partial charge in [-0.3, -0.25) is 4.79 Å². The zero-order valence-electron chi connectivity index (χ0n) is 9.83. The highest BCUT2D eigenvalue weighted by Gasteiger charge is 2.03. The molecule has 3 nitrogen and oxygen atoms in total. The Balaban J connectivity index is 2.32. The van der Waals surface area contributed by atoms with Crippen molar-refractivity contribution in [2.45, 2.75) is 39.0 Å². The van der Waals surface area contributed by atoms with Crippen molar-refractivity contribution >= 4 is 17.3 Å². The molecule has 0 bridgehead atoms. The topological polar surface area (TPSA) is 55.1 Å². The number of rotatable bonds is 6. The highest BCUT2D eigenvalue weighted by molar-refractivity contribution is 5.93. The fourth-order valence-corrected chi connectivity index (χ4v) is 1.54. The number of anilines is 2. The molecule has 0 radical (unpaired) electrons. The number of nitrogen functional groups attached to an aromatic ring is 1. The molecular formula is C13H20N2O. The van der Waals surface area contributed by atoms with E-state index in [1.807, 2.05) is 18.2 Å². The molecule has 16 heavy (non-hydrogen) atoms. The molecule has 0 unspecified atom stereocenters. The molecule has 3 heteroatoms. The van der Waals surface area contributed by atoms with Crippen LogP contribution in [0, 0.1) is 0 Å². The van der Waals surface area contributed by atoms with Crippen LogP contribution in [-0.2, 0) is 4.79 Å². The van der Waals surface area contributed by atoms with E-state index < -0.39 is 0 Å². The summed E-state index contributed by atoms with van der Waals surface area (Å²) >= 11 is 0. The average molecular weight is 220 g/mol. The first-order chi connectivity index (χ1) is 7.74. The SMILES string of the molecule is CCCCCCC(=O)Nc1ccccc1N. The van der Waals surface area contributed by atoms with Crippen LogP contribution in [0.15, 0.2) is 24.3 Å². The highest BCUT2D eigenvalue weighted by Crippen LogP contribution is 2.17. The summed E-state index contributed by atoms with van der Waals surface area (Å²) in [5.41, 5.74) is 7.06. The summed E-state index contributed by atoms with van der Waals surface area (Å²) in [5.74, 6) is 0.0500. The van der Waals surface area contributed by atoms with Gasteiger partial charge in [0.2, 0.25) is 5.91 Å². The molecule has 1 rings (SSSR count). The van der Waals surface area contributed by atoms with Gasteiger partial charge < -0.3 is 11.1 Å². The molecular weight excluding hydrogens is 200 g/mol. The number of hydrogen-bond donors (Lipinski definition) is 2. The fourth-order valence-electron chi connectivity index (χ4n) is 1.54. The minimum atomic E-state index is 0.0500. The first kappa shape index (κ1) is 12.6. The minimum absolute atomic E-state index is 0.0500. The summed E-state index contributed by atoms with van der Waals surface area (Å²) in [5, 5.41) is 2.82. The smallest absolute Gasteiger partial charge is 0.224 e. The fraction of sp³-hybridized carbons (Fsp3) is 0.462. The van der Waals surface area contributed by atoms with E-state index in [0.29, 0.717) is 17.8 Å². The molecule has 0 heterocycles. The Morgan fingerprint density at radius 2 is 2.00 bits per heavy atom. The molecule has 0 fully saturated rings. The number of carbonyl (C=O) groups excluding carboxylic acids is 1. The molecule has 0 atom stereocenters. The Hall–Kier alpha value is -1.51. The second kappa shape index (κ2) is 6.88. The molecule has 0 aliphatic rings. The Morgan fingerprint density at radius 3 is 2.69 bits per heavy atom. The third-order valence-electron chi connectivity index (χ3n) is 2.49. The zero-order chi connectivity index (χ0) is 11.8. The lowest BCUT2D eigenvalue weighted by Crippen LogP contribution is -2.12. The first-order valence-electron chi connectivity index (χ1n) is 5.88. The maximum absolute atomic E-state index is 11.6. The van der Waals surface area contributed by atoms with Gasteiger partial charge in [0.05, 0.1) is 11.4 Å². The van der Waals surface area contributed by atoms with Crippen LogP contribution in [0.2, 0.25) is 0 Å². The van der Waals surface area contributed by atoms with Gasteiger partial charge >= 0.3 is 0 Å². The van der Waals surface area contributed by atoms with Crippen molar-refractivity contribution < 1.29 is 4.79 Å². The van der Waals surface area contributed by atoms with Gasteiger partial charge in [0.25, 0.3) is 0 Å². The Kier molecular flexibility index (Phi) is 5.40. The van der Waals surface area contributed by atoms with Crippen LogP contribution in [0.3, 0.4) is 0 Å². The molecule has 0 aliphatic carbocycles. The van der Waals surface area contributed by atoms with Crippen LogP contribution in [0.1, 0.15) is 39.0 Å². The first-order valence-corrected chi connectivity index (χ1v) is 5.88. The number of benzene rings is 1. The van der Waals surface area contributed by atoms with Crippen LogP contribution in [0.5, 0.6) is 0 Å². The van der Waals surface area contributed by atoms with Crippen molar-refractivity contribution in [2.24, 2.45) is 0 Å². The van der Waals surface area contributed by atoms with Gasteiger partial charge in [0.1, 0.15) is 0 Å². The number of hydrogen-bond acceptors (Lipinski definition) is 2. The second-order valence-electron chi connectivity index (χ2n) is 3.95. The van der Waals surface area contributed by atoms with E-state index in [-0.39, 0.29) is 5.91 Å². The number of carbonyl (C=O) groups is 1. The standard InChI is InChI=1S/C13H20N2O/c1-2-3-4-5-10-13(16)15-12-9-7-6-8-11(12)14/h6-9H,2-5,10,14H2,1H3,(H,15,16). The molecule has 1 aromatic rings. The Bertz CT molecular complexity index is 336. The van der Waals surface area contributed by atoms with Crippen LogP contribution in [0.4, 0.5) is 11.4 Å². The number of nitrogens with two attached hydrogens (primary N) is 1. The predicted molar refractivity (Wildman–Crippen MR) is 68.2 cm³/mol. The Morgan fingerprint density at radius 1 is 1.25 bits per heavy atom. The molecule has 0 aliphatic heterocycles. The molecule has 0 spiro atoms. The van der Waals surface area contributed by atoms with Crippen LogP contribution >= 0.6 is 0 Å². The largest absolute Gasteiger partial charge is 0.397 e. The monoisotopic (exact) mass is 220 g/mol. The summed E-state index contributed by atoms with van der Waals surface area (Å²) in [4.78, 5) is 11.6. The van der Waals surface area contributed by atoms with Gasteiger partial charge in [0, 0.05) is 6.42 Å². The van der Waals surface area contributed by atoms with E-state index >= 15 is 0 Å². The van der Waals surface area contributed by atoms with Crippen molar-refractivity contribution in [1.82, 2.24) is 0 Å². The molecule has 0 saturated carbocycles. The highest BCUT2D eigenvalue weighted by atomic mass is 16.1. The molecule has 1 aromatic carbocycles. The van der Waals surface area contributed by atoms with Crippen molar-refractivity contribution in [3.8, 4) is 0 Å². The molecule has 0 saturated heterocycles. The van der Waals surface area contributed by atoms with E-state index in [2.05, 4.69) is 12.2 Å². The lowest BCUT2D eigenvalue weighted by atomic mass is 10.1. The quantitative estimate of drug-likeness (QED) is 0.571. The summed E-state index contributed by atoms with van der Waals surface area (Å²) in [6, 6.07) is 7.32. The minimum Gasteiger partial charge on any atom is -0.397 e. The number of nitrogens with one attached hydrogen (secondary N) is 1. The molecule has 1 amide bonds. The zero-order valence-corrected chi connectivity index (χ0v) is 9.83. The van der Waals surface area contributed by atoms with Crippen molar-refractivity contribution in [3.05, 3.63) is 24.3 Å². The van der Waals surface area contributed by atoms with Crippen LogP contribution in [0.25, 0.3) is 0 Å². The maximum atomic E-state index is 11.6. The maximum Gasteiger partial charge on any atom is 0.224 e. The van der Waals surface area contributed by atoms with Gasteiger partial charge in [-0.15, -0.1) is 0 Å². The summed E-state index contributed by atoms with van der Waals surface area (Å²) in [6.07, 6.45) is 5.03. The van der Waals surface area contributed by atoms with Crippen LogP contribution in [-0.4, -0.2) is 5.91 Å². The lowest BCUT2D eigenvalue weighted by molar-refractivity contribution is -0.116. The van der Waals surface area contributed by atoms with E-state index in [1.165, 1.54) is 12.8 Å². The molecule has 3 N–H and O–H groups in total. The normalized spacial score (nSPS) is 10.1. The van der Waals surface area contributed by atoms with Gasteiger partial charge in [-0.05, 0) is 18.6 Å². The van der Waals surface area contributed by atoms with E-state index in [9.17, 15) is 4.79 Å². The average Bonchev–Trinajstić information content (AvgIpc) is 2.28. The van der Waals surface area contributed by atoms with Gasteiger partial charge in [-0.2, -0.15) is 0 Å². The summed E-state index contributed by atoms with van der Waals surface area (Å²) in [6.45, 7) is 2.16. The van der Waals surface area contributed by atoms with Gasteiger partial charge in [-0.1, -0.05) is 38.3 Å². The molecule has 88 valence electrons. The van der Waals surface area contributed by atoms with Crippen molar-refractivity contribution in [1.29, 1.82) is 0 Å². The van der Waals surface area contributed by atoms with E-state index in [1.54, 1.807) is 6.07 Å². The van der Waals surface area contributed by atoms with E-state index in [0.717, 1.165) is 12.8 Å². The number of para-hydroxylation sites is 2. The van der Waals surface area contributed by atoms with E-state index in [4.69, 9.17) is 5.73 Å². The third kappa shape index (κ3) is 4.34. The van der Waals surface area contributed by atoms with Crippen molar-refractivity contribution in [3.63, 3.8) is 0 Å². The second-order valence-corrected chi connectivity index (χ2v) is 3.95. The van der Waals surface area contributed by atoms with Crippen molar-refractivity contribution in [2.75, 3.05) is 11.1 Å². The summed E-state index contributed by atoms with van der Waals surface area (Å²) in [7, 11) is 0. The number of amides is 1. The lowest BCUT2D eigenvalue weighted by Gasteiger charge is -2.07. The van der Waals surface area contributed by atoms with Gasteiger partial charge in [0.15, 0.2) is 0 Å². The van der Waals surface area contributed by atoms with Gasteiger partial charge in [-0.25, -0.2) is 0 Å². The summed E-state index contributed by atoms with van der Waals surface area (Å²) < 4.78 is 0. The predicted octanol–water partition coefficient (Wildman–Crippen LogP) is 3.18. The van der Waals surface area contributed by atoms with Crippen LogP contribution < -0.4 is 11.1 Å².